The molecule has 0 saturated carbocycles. The van der Waals surface area contributed by atoms with Crippen LogP contribution < -0.4 is 10.6 Å². The molecule has 1 heterocycles. The Bertz CT molecular complexity index is 476. The number of aromatic nitrogens is 1. The highest BCUT2D eigenvalue weighted by molar-refractivity contribution is 7.12. The highest BCUT2D eigenvalue weighted by atomic mass is 32.1. The fourth-order valence-corrected chi connectivity index (χ4v) is 3.19. The minimum Gasteiger partial charge on any atom is -0.355 e. The summed E-state index contributed by atoms with van der Waals surface area (Å²) in [4.78, 5) is 17.8. The molecule has 1 rings (SSSR count). The monoisotopic (exact) mass is 311 g/mol. The van der Waals surface area contributed by atoms with E-state index < -0.39 is 0 Å². The molecule has 0 bridgehead atoms. The number of amides is 1. The number of thiazole rings is 1. The number of aryl methyl sites for hydroxylation is 1. The van der Waals surface area contributed by atoms with E-state index in [9.17, 15) is 4.79 Å². The predicted molar refractivity (Wildman–Crippen MR) is 89.9 cm³/mol. The van der Waals surface area contributed by atoms with Crippen molar-refractivity contribution >= 4 is 17.2 Å². The van der Waals surface area contributed by atoms with Gasteiger partial charge in [0.2, 0.25) is 5.91 Å². The van der Waals surface area contributed by atoms with Gasteiger partial charge in [-0.1, -0.05) is 27.7 Å². The van der Waals surface area contributed by atoms with Gasteiger partial charge in [0.25, 0.3) is 0 Å². The Hall–Kier alpha value is -0.940. The third-order valence-corrected chi connectivity index (χ3v) is 5.08. The third kappa shape index (κ3) is 5.08. The van der Waals surface area contributed by atoms with Crippen molar-refractivity contribution in [1.29, 1.82) is 0 Å². The highest BCUT2D eigenvalue weighted by Gasteiger charge is 2.24. The van der Waals surface area contributed by atoms with Gasteiger partial charge in [-0.2, -0.15) is 0 Å². The van der Waals surface area contributed by atoms with Crippen LogP contribution in [0.1, 0.15) is 69.6 Å². The molecule has 1 aromatic rings. The molecule has 0 spiro atoms. The summed E-state index contributed by atoms with van der Waals surface area (Å²) in [5.41, 5.74) is 1.13. The zero-order valence-corrected chi connectivity index (χ0v) is 15.1. The number of carbonyl (C=O) groups excluding carboxylic acids is 1. The Morgan fingerprint density at radius 2 is 1.95 bits per heavy atom. The van der Waals surface area contributed by atoms with Crippen molar-refractivity contribution in [3.63, 3.8) is 0 Å². The van der Waals surface area contributed by atoms with Gasteiger partial charge in [0, 0.05) is 22.9 Å². The van der Waals surface area contributed by atoms with E-state index >= 15 is 0 Å². The molecule has 21 heavy (non-hydrogen) atoms. The average molecular weight is 311 g/mol. The van der Waals surface area contributed by atoms with E-state index in [2.05, 4.69) is 50.2 Å². The Kier molecular flexibility index (Phi) is 6.35. The molecule has 2 N–H and O–H groups in total. The normalized spacial score (nSPS) is 14.8. The van der Waals surface area contributed by atoms with E-state index in [1.807, 2.05) is 13.8 Å². The summed E-state index contributed by atoms with van der Waals surface area (Å²) in [6, 6.07) is -0.0767. The maximum Gasteiger partial charge on any atom is 0.236 e. The van der Waals surface area contributed by atoms with Crippen molar-refractivity contribution in [2.45, 2.75) is 72.4 Å². The fraction of sp³-hybridized carbons (Fsp3) is 0.750. The highest BCUT2D eigenvalue weighted by Crippen LogP contribution is 2.32. The molecule has 4 nitrogen and oxygen atoms in total. The van der Waals surface area contributed by atoms with Crippen LogP contribution in [0, 0.1) is 6.92 Å². The van der Waals surface area contributed by atoms with Crippen molar-refractivity contribution in [3.05, 3.63) is 15.6 Å². The lowest BCUT2D eigenvalue weighted by Crippen LogP contribution is -2.43. The molecule has 1 aromatic heterocycles. The van der Waals surface area contributed by atoms with Crippen LogP contribution in [-0.2, 0) is 10.2 Å². The Morgan fingerprint density at radius 3 is 2.43 bits per heavy atom. The molecule has 0 aliphatic rings. The Balaban J connectivity index is 2.73. The minimum absolute atomic E-state index is 0.0573. The van der Waals surface area contributed by atoms with Gasteiger partial charge in [0.05, 0.1) is 16.7 Å². The first-order valence-electron chi connectivity index (χ1n) is 7.68. The topological polar surface area (TPSA) is 54.0 Å². The largest absolute Gasteiger partial charge is 0.355 e. The van der Waals surface area contributed by atoms with Crippen LogP contribution in [0.15, 0.2) is 0 Å². The molecule has 120 valence electrons. The van der Waals surface area contributed by atoms with Crippen molar-refractivity contribution in [3.8, 4) is 0 Å². The number of nitrogens with zero attached hydrogens (tertiary/aromatic N) is 1. The molecule has 0 fully saturated rings. The second kappa shape index (κ2) is 7.36. The summed E-state index contributed by atoms with van der Waals surface area (Å²) in [6.45, 7) is 15.3. The zero-order chi connectivity index (χ0) is 16.2. The second-order valence-corrected chi connectivity index (χ2v) is 7.65. The van der Waals surface area contributed by atoms with Gasteiger partial charge >= 0.3 is 0 Å². The van der Waals surface area contributed by atoms with Gasteiger partial charge in [-0.15, -0.1) is 11.3 Å². The van der Waals surface area contributed by atoms with Gasteiger partial charge in [0.15, 0.2) is 0 Å². The lowest BCUT2D eigenvalue weighted by molar-refractivity contribution is -0.122. The maximum atomic E-state index is 11.9. The summed E-state index contributed by atoms with van der Waals surface area (Å²) < 4.78 is 0. The van der Waals surface area contributed by atoms with Crippen LogP contribution in [0.5, 0.6) is 0 Å². The number of hydrogen-bond acceptors (Lipinski definition) is 4. The molecule has 0 saturated heterocycles. The van der Waals surface area contributed by atoms with Crippen molar-refractivity contribution in [2.24, 2.45) is 0 Å². The van der Waals surface area contributed by atoms with Crippen LogP contribution in [0.3, 0.4) is 0 Å². The predicted octanol–water partition coefficient (Wildman–Crippen LogP) is 3.31. The van der Waals surface area contributed by atoms with Crippen molar-refractivity contribution < 1.29 is 4.79 Å². The smallest absolute Gasteiger partial charge is 0.236 e. The van der Waals surface area contributed by atoms with Crippen LogP contribution in [0.25, 0.3) is 0 Å². The van der Waals surface area contributed by atoms with E-state index in [0.29, 0.717) is 0 Å². The summed E-state index contributed by atoms with van der Waals surface area (Å²) in [5.74, 6) is 0.0573. The summed E-state index contributed by atoms with van der Waals surface area (Å²) >= 11 is 1.74. The number of rotatable bonds is 6. The van der Waals surface area contributed by atoms with E-state index in [1.54, 1.807) is 11.3 Å². The second-order valence-electron chi connectivity index (χ2n) is 6.62. The number of hydrogen-bond donors (Lipinski definition) is 2. The molecular formula is C16H29N3OS. The lowest BCUT2D eigenvalue weighted by Gasteiger charge is -2.19. The maximum absolute atomic E-state index is 11.9. The molecule has 2 unspecified atom stereocenters. The Labute approximate surface area is 132 Å². The first-order chi connectivity index (χ1) is 9.66. The van der Waals surface area contributed by atoms with E-state index in [4.69, 9.17) is 0 Å². The van der Waals surface area contributed by atoms with Crippen LogP contribution in [0.4, 0.5) is 0 Å². The standard InChI is InChI=1S/C16H29N3OS/c1-8-9-17-14(20)12(4)18-10(2)13-11(3)19-15(21-13)16(5,6)7/h10,12,18H,8-9H2,1-7H3,(H,17,20). The van der Waals surface area contributed by atoms with Crippen molar-refractivity contribution in [1.82, 2.24) is 15.6 Å². The average Bonchev–Trinajstić information content (AvgIpc) is 2.77. The van der Waals surface area contributed by atoms with Gasteiger partial charge < -0.3 is 5.32 Å². The van der Waals surface area contributed by atoms with Crippen LogP contribution in [-0.4, -0.2) is 23.5 Å². The molecule has 0 radical (unpaired) electrons. The molecule has 1 amide bonds. The SMILES string of the molecule is CCCNC(=O)C(C)NC(C)c1sc(C(C)(C)C)nc1C. The fourth-order valence-electron chi connectivity index (χ4n) is 2.06. The van der Waals surface area contributed by atoms with Crippen LogP contribution in [0.2, 0.25) is 0 Å². The zero-order valence-electron chi connectivity index (χ0n) is 14.3. The molecular weight excluding hydrogens is 282 g/mol. The molecule has 2 atom stereocenters. The number of nitrogens with one attached hydrogen (secondary N) is 2. The third-order valence-electron chi connectivity index (χ3n) is 3.31. The lowest BCUT2D eigenvalue weighted by atomic mass is 9.98. The van der Waals surface area contributed by atoms with Crippen molar-refractivity contribution in [2.75, 3.05) is 6.54 Å². The molecule has 0 aliphatic heterocycles. The van der Waals surface area contributed by atoms with E-state index in [1.165, 1.54) is 4.88 Å². The molecule has 0 aliphatic carbocycles. The summed E-state index contributed by atoms with van der Waals surface area (Å²) in [5, 5.41) is 7.43. The molecule has 0 aromatic carbocycles. The first kappa shape index (κ1) is 18.1. The number of carbonyl (C=O) groups is 1. The van der Waals surface area contributed by atoms with Crippen LogP contribution >= 0.6 is 11.3 Å². The summed E-state index contributed by atoms with van der Waals surface area (Å²) in [6.07, 6.45) is 0.955. The van der Waals surface area contributed by atoms with Gasteiger partial charge in [0.1, 0.15) is 0 Å². The first-order valence-corrected chi connectivity index (χ1v) is 8.50. The van der Waals surface area contributed by atoms with Gasteiger partial charge in [-0.25, -0.2) is 4.98 Å². The van der Waals surface area contributed by atoms with E-state index in [-0.39, 0.29) is 23.4 Å². The van der Waals surface area contributed by atoms with Gasteiger partial charge in [-0.05, 0) is 27.2 Å². The Morgan fingerprint density at radius 1 is 1.33 bits per heavy atom. The van der Waals surface area contributed by atoms with Gasteiger partial charge in [-0.3, -0.25) is 10.1 Å². The minimum atomic E-state index is -0.203. The quantitative estimate of drug-likeness (QED) is 0.847. The molecule has 5 heteroatoms. The summed E-state index contributed by atoms with van der Waals surface area (Å²) in [7, 11) is 0. The van der Waals surface area contributed by atoms with E-state index in [0.717, 1.165) is 23.7 Å².